The molecule has 1 aliphatic carbocycles. The van der Waals surface area contributed by atoms with E-state index >= 15 is 0 Å². The summed E-state index contributed by atoms with van der Waals surface area (Å²) < 4.78 is 0. The van der Waals surface area contributed by atoms with Crippen LogP contribution in [0.5, 0.6) is 0 Å². The topological polar surface area (TPSA) is 81.7 Å². The van der Waals surface area contributed by atoms with Gasteiger partial charge in [-0.1, -0.05) is 0 Å². The molecule has 0 aromatic carbocycles. The van der Waals surface area contributed by atoms with Crippen molar-refractivity contribution < 1.29 is 14.7 Å². The van der Waals surface area contributed by atoms with Crippen molar-refractivity contribution in [2.45, 2.75) is 31.7 Å². The highest BCUT2D eigenvalue weighted by atomic mass is 16.4. The molecule has 2 aliphatic rings. The third-order valence-corrected chi connectivity index (χ3v) is 3.73. The van der Waals surface area contributed by atoms with Gasteiger partial charge in [0.25, 0.3) is 0 Å². The summed E-state index contributed by atoms with van der Waals surface area (Å²) in [6, 6.07) is -0.185. The summed E-state index contributed by atoms with van der Waals surface area (Å²) in [6.45, 7) is 4.09. The first-order valence-electron chi connectivity index (χ1n) is 7.09. The van der Waals surface area contributed by atoms with E-state index in [4.69, 9.17) is 5.11 Å². The van der Waals surface area contributed by atoms with E-state index in [0.717, 1.165) is 45.4 Å². The fourth-order valence-electron chi connectivity index (χ4n) is 2.54. The largest absolute Gasteiger partial charge is 0.481 e. The number of hydrogen-bond acceptors (Lipinski definition) is 4. The number of carbonyl (C=O) groups is 2. The van der Waals surface area contributed by atoms with Crippen LogP contribution in [0.2, 0.25) is 0 Å². The number of rotatable bonds is 6. The number of aliphatic carboxylic acids is 1. The molecule has 1 amide bonds. The van der Waals surface area contributed by atoms with Gasteiger partial charge in [0.05, 0.1) is 13.0 Å². The minimum Gasteiger partial charge on any atom is -0.481 e. The lowest BCUT2D eigenvalue weighted by molar-refractivity contribution is -0.137. The van der Waals surface area contributed by atoms with Crippen molar-refractivity contribution in [3.05, 3.63) is 0 Å². The van der Waals surface area contributed by atoms with Gasteiger partial charge < -0.3 is 15.7 Å². The Morgan fingerprint density at radius 1 is 1.32 bits per heavy atom. The van der Waals surface area contributed by atoms with Crippen molar-refractivity contribution in [3.63, 3.8) is 0 Å². The van der Waals surface area contributed by atoms with Crippen molar-refractivity contribution in [1.82, 2.24) is 15.5 Å². The van der Waals surface area contributed by atoms with E-state index in [1.807, 2.05) is 0 Å². The van der Waals surface area contributed by atoms with Crippen LogP contribution in [0.25, 0.3) is 0 Å². The summed E-state index contributed by atoms with van der Waals surface area (Å²) in [5.74, 6) is -0.512. The van der Waals surface area contributed by atoms with Crippen LogP contribution in [0.3, 0.4) is 0 Å². The van der Waals surface area contributed by atoms with Gasteiger partial charge in [-0.2, -0.15) is 0 Å². The molecule has 6 nitrogen and oxygen atoms in total. The van der Waals surface area contributed by atoms with Gasteiger partial charge in [-0.3, -0.25) is 14.5 Å². The highest BCUT2D eigenvalue weighted by molar-refractivity contribution is 5.79. The number of carboxylic acid groups (broad SMARTS) is 1. The lowest BCUT2D eigenvalue weighted by atomic mass is 10.1. The van der Waals surface area contributed by atoms with Crippen molar-refractivity contribution >= 4 is 11.9 Å². The Morgan fingerprint density at radius 2 is 2.11 bits per heavy atom. The molecule has 0 bridgehead atoms. The van der Waals surface area contributed by atoms with Gasteiger partial charge in [0.1, 0.15) is 0 Å². The summed E-state index contributed by atoms with van der Waals surface area (Å²) >= 11 is 0. The summed E-state index contributed by atoms with van der Waals surface area (Å²) in [5.41, 5.74) is 0. The van der Waals surface area contributed by atoms with Gasteiger partial charge in [0.2, 0.25) is 5.91 Å². The smallest absolute Gasteiger partial charge is 0.305 e. The van der Waals surface area contributed by atoms with E-state index in [1.165, 1.54) is 0 Å². The number of nitrogens with zero attached hydrogens (tertiary/aromatic N) is 1. The summed E-state index contributed by atoms with van der Waals surface area (Å²) in [6.07, 6.45) is 3.16. The molecule has 0 spiro atoms. The van der Waals surface area contributed by atoms with Crippen LogP contribution in [0.15, 0.2) is 0 Å². The zero-order chi connectivity index (χ0) is 13.7. The Bertz CT molecular complexity index is 323. The van der Waals surface area contributed by atoms with E-state index in [1.54, 1.807) is 0 Å². The van der Waals surface area contributed by atoms with E-state index in [0.29, 0.717) is 12.5 Å². The molecule has 108 valence electrons. The second-order valence-corrected chi connectivity index (χ2v) is 5.49. The number of amides is 1. The second kappa shape index (κ2) is 6.86. The third kappa shape index (κ3) is 5.16. The average molecular weight is 269 g/mol. The van der Waals surface area contributed by atoms with Crippen LogP contribution in [-0.4, -0.2) is 60.6 Å². The quantitative estimate of drug-likeness (QED) is 0.614. The fourth-order valence-corrected chi connectivity index (χ4v) is 2.54. The van der Waals surface area contributed by atoms with E-state index in [2.05, 4.69) is 15.5 Å². The highest BCUT2D eigenvalue weighted by Gasteiger charge is 2.33. The van der Waals surface area contributed by atoms with Crippen LogP contribution < -0.4 is 10.6 Å². The first-order chi connectivity index (χ1) is 9.15. The lowest BCUT2D eigenvalue weighted by Gasteiger charge is -2.21. The standard InChI is InChI=1S/C13H23N3O3/c17-12(9-16-6-1-4-14-5-7-16)15-11(8-13(18)19)10-2-3-10/h10-11,14H,1-9H2,(H,15,17)(H,18,19). The van der Waals surface area contributed by atoms with Gasteiger partial charge in [-0.25, -0.2) is 0 Å². The summed E-state index contributed by atoms with van der Waals surface area (Å²) in [5, 5.41) is 15.1. The van der Waals surface area contributed by atoms with Crippen molar-refractivity contribution in [2.24, 2.45) is 5.92 Å². The molecule has 1 saturated heterocycles. The van der Waals surface area contributed by atoms with Gasteiger partial charge in [0.15, 0.2) is 0 Å². The van der Waals surface area contributed by atoms with E-state index < -0.39 is 5.97 Å². The Kier molecular flexibility index (Phi) is 5.15. The molecule has 1 unspecified atom stereocenters. The monoisotopic (exact) mass is 269 g/mol. The van der Waals surface area contributed by atoms with Crippen LogP contribution in [-0.2, 0) is 9.59 Å². The van der Waals surface area contributed by atoms with Gasteiger partial charge in [-0.05, 0) is 38.3 Å². The normalized spacial score (nSPS) is 22.5. The molecule has 0 aromatic heterocycles. The summed E-state index contributed by atoms with van der Waals surface area (Å²) in [7, 11) is 0. The first kappa shape index (κ1) is 14.3. The highest BCUT2D eigenvalue weighted by Crippen LogP contribution is 2.33. The molecule has 1 saturated carbocycles. The number of nitrogens with one attached hydrogen (secondary N) is 2. The van der Waals surface area contributed by atoms with E-state index in [-0.39, 0.29) is 18.4 Å². The Hall–Kier alpha value is -1.14. The zero-order valence-corrected chi connectivity index (χ0v) is 11.2. The Morgan fingerprint density at radius 3 is 2.79 bits per heavy atom. The van der Waals surface area contributed by atoms with Gasteiger partial charge in [0, 0.05) is 19.1 Å². The lowest BCUT2D eigenvalue weighted by Crippen LogP contribution is -2.44. The van der Waals surface area contributed by atoms with Gasteiger partial charge >= 0.3 is 5.97 Å². The predicted molar refractivity (Wildman–Crippen MR) is 70.8 cm³/mol. The molecular formula is C13H23N3O3. The maximum Gasteiger partial charge on any atom is 0.305 e. The first-order valence-corrected chi connectivity index (χ1v) is 7.09. The van der Waals surface area contributed by atoms with Crippen molar-refractivity contribution in [1.29, 1.82) is 0 Å². The number of carbonyl (C=O) groups excluding carboxylic acids is 1. The minimum absolute atomic E-state index is 0.0396. The third-order valence-electron chi connectivity index (χ3n) is 3.73. The maximum absolute atomic E-state index is 12.0. The minimum atomic E-state index is -0.837. The van der Waals surface area contributed by atoms with Gasteiger partial charge in [-0.15, -0.1) is 0 Å². The average Bonchev–Trinajstić information content (AvgIpc) is 3.15. The van der Waals surface area contributed by atoms with Crippen molar-refractivity contribution in [2.75, 3.05) is 32.7 Å². The zero-order valence-electron chi connectivity index (χ0n) is 11.2. The molecule has 1 heterocycles. The SMILES string of the molecule is O=C(O)CC(NC(=O)CN1CCCNCC1)C1CC1. The molecule has 2 rings (SSSR count). The number of hydrogen-bond donors (Lipinski definition) is 3. The molecule has 19 heavy (non-hydrogen) atoms. The van der Waals surface area contributed by atoms with Crippen LogP contribution >= 0.6 is 0 Å². The molecule has 0 aromatic rings. The molecule has 2 fully saturated rings. The molecule has 0 radical (unpaired) electrons. The fraction of sp³-hybridized carbons (Fsp3) is 0.846. The van der Waals surface area contributed by atoms with Crippen LogP contribution in [0.4, 0.5) is 0 Å². The molecule has 3 N–H and O–H groups in total. The maximum atomic E-state index is 12.0. The second-order valence-electron chi connectivity index (χ2n) is 5.49. The Labute approximate surface area is 113 Å². The molecule has 1 atom stereocenters. The van der Waals surface area contributed by atoms with Crippen LogP contribution in [0, 0.1) is 5.92 Å². The molecule has 1 aliphatic heterocycles. The summed E-state index contributed by atoms with van der Waals surface area (Å²) in [4.78, 5) is 24.9. The van der Waals surface area contributed by atoms with E-state index in [9.17, 15) is 9.59 Å². The Balaban J connectivity index is 1.76. The molecule has 6 heteroatoms. The molecular weight excluding hydrogens is 246 g/mol. The van der Waals surface area contributed by atoms with Crippen molar-refractivity contribution in [3.8, 4) is 0 Å². The predicted octanol–water partition coefficient (Wildman–Crippen LogP) is -0.349. The number of carboxylic acids is 1. The van der Waals surface area contributed by atoms with Crippen LogP contribution in [0.1, 0.15) is 25.7 Å².